The van der Waals surface area contributed by atoms with Crippen molar-refractivity contribution in [2.45, 2.75) is 25.7 Å². The number of anilines is 1. The third-order valence-electron chi connectivity index (χ3n) is 4.70. The Hall–Kier alpha value is 0.914. The number of hydrogen-bond acceptors (Lipinski definition) is 10. The third kappa shape index (κ3) is 23.8. The van der Waals surface area contributed by atoms with Gasteiger partial charge in [0, 0.05) is 188 Å². The normalized spacial score (nSPS) is 8.00. The molecule has 11 nitrogen and oxygen atoms in total. The molecule has 0 unspecified atom stereocenters. The van der Waals surface area contributed by atoms with Crippen molar-refractivity contribution in [1.82, 2.24) is 0 Å². The number of rotatable bonds is 10. The van der Waals surface area contributed by atoms with Crippen molar-refractivity contribution in [1.29, 1.82) is 0 Å². The first kappa shape index (κ1) is 61.2. The van der Waals surface area contributed by atoms with Gasteiger partial charge in [-0.3, -0.25) is 25.1 Å². The SMILES string of the molecule is O=[C-]Cc1cc(C[C-]=O)c(O)cc1O.O=[C-]Cc1cc(O)c(N[C-]=O)cc1O.O=[C-]Cc1ccccc1O.[CH3-].[V].[Y].[Y].[Y].[Y].[Y]. The van der Waals surface area contributed by atoms with E-state index < -0.39 is 0 Å². The van der Waals surface area contributed by atoms with Crippen molar-refractivity contribution < 1.29 is 232 Å². The second-order valence-corrected chi connectivity index (χ2v) is 7.25. The van der Waals surface area contributed by atoms with Gasteiger partial charge in [-0.05, 0) is 34.4 Å². The van der Waals surface area contributed by atoms with E-state index in [2.05, 4.69) is 5.32 Å². The van der Waals surface area contributed by atoms with Gasteiger partial charge in [0.15, 0.2) is 0 Å². The number of amides is 1. The summed E-state index contributed by atoms with van der Waals surface area (Å²) in [5, 5.41) is 48.3. The molecule has 3 aromatic carbocycles. The van der Waals surface area contributed by atoms with E-state index in [-0.39, 0.29) is 255 Å². The van der Waals surface area contributed by atoms with Gasteiger partial charge in [0.05, 0.1) is 12.2 Å². The zero-order chi connectivity index (χ0) is 28.5. The van der Waals surface area contributed by atoms with Gasteiger partial charge in [0.1, 0.15) is 23.0 Å². The minimum absolute atomic E-state index is 0. The Bertz CT molecular complexity index is 1220. The molecular formula is C28H25NO10VY5-6. The molecule has 0 fully saturated rings. The summed E-state index contributed by atoms with van der Waals surface area (Å²) in [7, 11) is 0. The van der Waals surface area contributed by atoms with Crippen molar-refractivity contribution in [3.05, 3.63) is 78.2 Å². The number of aromatic hydroxyl groups is 5. The summed E-state index contributed by atoms with van der Waals surface area (Å²) < 4.78 is 0. The number of para-hydroxylation sites is 1. The van der Waals surface area contributed by atoms with Crippen LogP contribution in [0, 0.1) is 7.43 Å². The summed E-state index contributed by atoms with van der Waals surface area (Å²) in [6, 6.07) is 11.5. The Morgan fingerprint density at radius 2 is 0.867 bits per heavy atom. The van der Waals surface area contributed by atoms with E-state index in [9.17, 15) is 44.4 Å². The Labute approximate surface area is 399 Å². The van der Waals surface area contributed by atoms with Crippen LogP contribution < -0.4 is 5.32 Å². The maximum Gasteiger partial charge on any atom is 0.120 e. The summed E-state index contributed by atoms with van der Waals surface area (Å²) >= 11 is 0. The summed E-state index contributed by atoms with van der Waals surface area (Å²) in [4.78, 5) is 50.1. The van der Waals surface area contributed by atoms with Crippen molar-refractivity contribution in [3.63, 3.8) is 0 Å². The molecule has 0 atom stereocenters. The fourth-order valence-electron chi connectivity index (χ4n) is 2.84. The molecule has 1 amide bonds. The van der Waals surface area contributed by atoms with E-state index in [1.165, 1.54) is 18.5 Å². The predicted octanol–water partition coefficient (Wildman–Crippen LogP) is 2.11. The Morgan fingerprint density at radius 3 is 1.27 bits per heavy atom. The van der Waals surface area contributed by atoms with Crippen LogP contribution in [0.4, 0.5) is 5.69 Å². The molecule has 0 aliphatic carbocycles. The molecule has 0 aliphatic heterocycles. The van der Waals surface area contributed by atoms with Crippen LogP contribution in [-0.2, 0) is 232 Å². The molecule has 6 radical (unpaired) electrons. The van der Waals surface area contributed by atoms with Gasteiger partial charge in [0.2, 0.25) is 0 Å². The zero-order valence-corrected chi connectivity index (χ0v) is 39.6. The van der Waals surface area contributed by atoms with E-state index in [1.807, 2.05) is 0 Å². The van der Waals surface area contributed by atoms with Crippen LogP contribution in [0.2, 0.25) is 0 Å². The van der Waals surface area contributed by atoms with Crippen LogP contribution in [0.25, 0.3) is 0 Å². The molecule has 0 aliphatic rings. The second kappa shape index (κ2) is 36.2. The number of carbonyl (C=O) groups excluding carboxylic acids is 5. The number of phenols is 5. The summed E-state index contributed by atoms with van der Waals surface area (Å²) in [5.74, 6) is -0.632. The molecule has 3 aromatic rings. The molecule has 0 saturated heterocycles. The van der Waals surface area contributed by atoms with Crippen molar-refractivity contribution in [2.24, 2.45) is 0 Å². The van der Waals surface area contributed by atoms with E-state index in [4.69, 9.17) is 5.11 Å². The standard InChI is InChI=1S/C10H8O4.C9H7NO4.C8H7O2.CH3.V.5Y/c11-3-1-7-5-8(2-4-12)10(14)6-9(7)13;11-2-1-6-3-9(14)7(10-5-12)4-8(6)13;9-6-5-7-3-1-2-4-8(7)10;;;;;;;/h5-6,13-14H,1-2H2;3-4,13-14H,1H2,(H,10,12);1-4,10H,5H2;1H3;;;;;;/q2*-2;2*-1;;;;;;. The van der Waals surface area contributed by atoms with Gasteiger partial charge in [-0.2, -0.15) is 0 Å². The zero-order valence-electron chi connectivity index (χ0n) is 24.1. The molecule has 0 aromatic heterocycles. The van der Waals surface area contributed by atoms with E-state index >= 15 is 0 Å². The van der Waals surface area contributed by atoms with E-state index in [0.717, 1.165) is 12.1 Å². The smallest absolute Gasteiger partial charge is 0.120 e. The predicted molar refractivity (Wildman–Crippen MR) is 141 cm³/mol. The van der Waals surface area contributed by atoms with Crippen LogP contribution in [0.15, 0.2) is 48.5 Å². The van der Waals surface area contributed by atoms with Gasteiger partial charge in [0.25, 0.3) is 0 Å². The maximum absolute atomic E-state index is 10.1. The average Bonchev–Trinajstić information content (AvgIpc) is 2.88. The van der Waals surface area contributed by atoms with Crippen LogP contribution >= 0.6 is 0 Å². The van der Waals surface area contributed by atoms with E-state index in [0.29, 0.717) is 16.7 Å². The largest absolute Gasteiger partial charge is 0.541 e. The number of nitrogens with one attached hydrogen (secondary N) is 1. The molecule has 0 spiro atoms. The topological polar surface area (TPSA) is 199 Å². The molecule has 3 rings (SSSR count). The fraction of sp³-hybridized carbons (Fsp3) is 0.143. The maximum atomic E-state index is 10.1. The van der Waals surface area contributed by atoms with Crippen LogP contribution in [0.1, 0.15) is 22.3 Å². The second-order valence-electron chi connectivity index (χ2n) is 7.25. The van der Waals surface area contributed by atoms with Gasteiger partial charge < -0.3 is 62.2 Å². The molecular weight excluding hydrogens is 1010 g/mol. The summed E-state index contributed by atoms with van der Waals surface area (Å²) in [6.45, 7) is 0. The average molecular weight is 1030 g/mol. The first-order valence-electron chi connectivity index (χ1n) is 10.6. The van der Waals surface area contributed by atoms with Gasteiger partial charge >= 0.3 is 0 Å². The number of benzene rings is 3. The Kier molecular flexibility index (Phi) is 49.2. The summed E-state index contributed by atoms with van der Waals surface area (Å²) in [5.41, 5.74) is 1.57. The molecule has 228 valence electrons. The van der Waals surface area contributed by atoms with Gasteiger partial charge in [-0.25, -0.2) is 0 Å². The quantitative estimate of drug-likeness (QED) is 0.0758. The molecule has 45 heavy (non-hydrogen) atoms. The first-order chi connectivity index (χ1) is 18.2. The van der Waals surface area contributed by atoms with E-state index in [1.54, 1.807) is 49.4 Å². The monoisotopic (exact) mass is 1030 g/mol. The summed E-state index contributed by atoms with van der Waals surface area (Å²) in [6.07, 6.45) is 7.80. The molecule has 0 bridgehead atoms. The van der Waals surface area contributed by atoms with Crippen molar-refractivity contribution in [3.8, 4) is 28.7 Å². The van der Waals surface area contributed by atoms with Crippen LogP contribution in [0.5, 0.6) is 28.7 Å². The molecule has 6 N–H and O–H groups in total. The first-order valence-corrected chi connectivity index (χ1v) is 10.6. The number of hydrogen-bond donors (Lipinski definition) is 6. The minimum Gasteiger partial charge on any atom is -0.541 e. The van der Waals surface area contributed by atoms with Crippen molar-refractivity contribution >= 4 is 37.2 Å². The van der Waals surface area contributed by atoms with Crippen molar-refractivity contribution in [2.75, 3.05) is 5.32 Å². The van der Waals surface area contributed by atoms with Crippen LogP contribution in [-0.4, -0.2) is 57.1 Å². The molecule has 0 saturated carbocycles. The third-order valence-corrected chi connectivity index (χ3v) is 4.70. The Morgan fingerprint density at radius 1 is 0.489 bits per heavy atom. The minimum atomic E-state index is -0.239. The number of phenolic OH excluding ortho intramolecular Hbond substituents is 5. The molecule has 0 heterocycles. The Balaban J connectivity index is -0.0000000904. The fourth-order valence-corrected chi connectivity index (χ4v) is 2.84. The van der Waals surface area contributed by atoms with Crippen LogP contribution in [0.3, 0.4) is 0 Å². The molecule has 17 heteroatoms. The van der Waals surface area contributed by atoms with Gasteiger partial charge in [-0.1, -0.05) is 36.0 Å². The van der Waals surface area contributed by atoms with Gasteiger partial charge in [-0.15, -0.1) is 25.7 Å².